The van der Waals surface area contributed by atoms with Crippen LogP contribution in [0.4, 0.5) is 5.69 Å². The van der Waals surface area contributed by atoms with Crippen molar-refractivity contribution in [2.24, 2.45) is 0 Å². The number of benzene rings is 1. The molecule has 0 saturated heterocycles. The van der Waals surface area contributed by atoms with Gasteiger partial charge in [0.05, 0.1) is 18.1 Å². The number of anilines is 1. The average Bonchev–Trinajstić information content (AvgIpc) is 2.41. The lowest BCUT2D eigenvalue weighted by Crippen LogP contribution is -1.98. The summed E-state index contributed by atoms with van der Waals surface area (Å²) in [4.78, 5) is 8.42. The molecule has 94 valence electrons. The Hall–Kier alpha value is -1.90. The van der Waals surface area contributed by atoms with Crippen LogP contribution in [0.5, 0.6) is 0 Å². The van der Waals surface area contributed by atoms with E-state index in [2.05, 4.69) is 41.2 Å². The summed E-state index contributed by atoms with van der Waals surface area (Å²) in [5, 5.41) is 0. The Bertz CT molecular complexity index is 474. The first-order chi connectivity index (χ1) is 8.78. The van der Waals surface area contributed by atoms with Crippen molar-refractivity contribution in [2.45, 2.75) is 32.6 Å². The molecular formula is C15H19N3. The highest BCUT2D eigenvalue weighted by atomic mass is 14.9. The standard InChI is InChI=1S/C15H19N3/c1-2-3-4-12-5-7-13(8-6-12)9-15-17-10-14(16)11-18-15/h5-8,10-11H,2-4,9,16H2,1H3. The molecule has 0 aliphatic heterocycles. The Labute approximate surface area is 108 Å². The smallest absolute Gasteiger partial charge is 0.132 e. The van der Waals surface area contributed by atoms with Crippen LogP contribution >= 0.6 is 0 Å². The zero-order valence-corrected chi connectivity index (χ0v) is 10.8. The summed E-state index contributed by atoms with van der Waals surface area (Å²) in [6.45, 7) is 2.22. The van der Waals surface area contributed by atoms with Crippen molar-refractivity contribution in [3.8, 4) is 0 Å². The van der Waals surface area contributed by atoms with Gasteiger partial charge in [-0.1, -0.05) is 37.6 Å². The molecule has 2 rings (SSSR count). The second kappa shape index (κ2) is 6.15. The molecule has 0 saturated carbocycles. The minimum absolute atomic E-state index is 0.605. The summed E-state index contributed by atoms with van der Waals surface area (Å²) in [6, 6.07) is 8.71. The number of hydrogen-bond acceptors (Lipinski definition) is 3. The van der Waals surface area contributed by atoms with Crippen LogP contribution in [0.1, 0.15) is 36.7 Å². The van der Waals surface area contributed by atoms with Crippen molar-refractivity contribution in [3.05, 3.63) is 53.6 Å². The van der Waals surface area contributed by atoms with Crippen LogP contribution in [-0.4, -0.2) is 9.97 Å². The van der Waals surface area contributed by atoms with Gasteiger partial charge in [0.15, 0.2) is 0 Å². The summed E-state index contributed by atoms with van der Waals surface area (Å²) >= 11 is 0. The van der Waals surface area contributed by atoms with E-state index in [1.54, 1.807) is 12.4 Å². The van der Waals surface area contributed by atoms with Gasteiger partial charge in [0.2, 0.25) is 0 Å². The first-order valence-corrected chi connectivity index (χ1v) is 6.42. The topological polar surface area (TPSA) is 51.8 Å². The van der Waals surface area contributed by atoms with Gasteiger partial charge in [-0.25, -0.2) is 9.97 Å². The van der Waals surface area contributed by atoms with Gasteiger partial charge < -0.3 is 5.73 Å². The molecule has 0 unspecified atom stereocenters. The van der Waals surface area contributed by atoms with Crippen LogP contribution in [-0.2, 0) is 12.8 Å². The predicted molar refractivity (Wildman–Crippen MR) is 74.3 cm³/mol. The quantitative estimate of drug-likeness (QED) is 0.875. The van der Waals surface area contributed by atoms with Gasteiger partial charge in [-0.3, -0.25) is 0 Å². The summed E-state index contributed by atoms with van der Waals surface area (Å²) in [5.41, 5.74) is 8.80. The molecule has 2 aromatic rings. The van der Waals surface area contributed by atoms with Crippen molar-refractivity contribution >= 4 is 5.69 Å². The fraction of sp³-hybridized carbons (Fsp3) is 0.333. The molecule has 0 aliphatic rings. The minimum atomic E-state index is 0.605. The molecule has 18 heavy (non-hydrogen) atoms. The zero-order chi connectivity index (χ0) is 12.8. The first-order valence-electron chi connectivity index (χ1n) is 6.42. The molecule has 0 fully saturated rings. The molecule has 0 amide bonds. The summed E-state index contributed by atoms with van der Waals surface area (Å²) in [6.07, 6.45) is 7.71. The van der Waals surface area contributed by atoms with Crippen LogP contribution in [0, 0.1) is 0 Å². The number of aromatic nitrogens is 2. The Morgan fingerprint density at radius 1 is 1.00 bits per heavy atom. The van der Waals surface area contributed by atoms with Crippen molar-refractivity contribution < 1.29 is 0 Å². The highest BCUT2D eigenvalue weighted by Gasteiger charge is 1.99. The number of hydrogen-bond donors (Lipinski definition) is 1. The molecule has 3 heteroatoms. The van der Waals surface area contributed by atoms with Gasteiger partial charge in [-0.05, 0) is 24.0 Å². The molecule has 0 radical (unpaired) electrons. The first kappa shape index (κ1) is 12.6. The highest BCUT2D eigenvalue weighted by Crippen LogP contribution is 2.10. The van der Waals surface area contributed by atoms with Gasteiger partial charge in [0.1, 0.15) is 5.82 Å². The predicted octanol–water partition coefficient (Wildman–Crippen LogP) is 2.99. The van der Waals surface area contributed by atoms with Gasteiger partial charge in [0, 0.05) is 6.42 Å². The molecule has 0 bridgehead atoms. The lowest BCUT2D eigenvalue weighted by atomic mass is 10.0. The van der Waals surface area contributed by atoms with Gasteiger partial charge in [-0.2, -0.15) is 0 Å². The second-order valence-corrected chi connectivity index (χ2v) is 4.53. The monoisotopic (exact) mass is 241 g/mol. The van der Waals surface area contributed by atoms with E-state index in [0.29, 0.717) is 5.69 Å². The summed E-state index contributed by atoms with van der Waals surface area (Å²) in [7, 11) is 0. The molecule has 1 heterocycles. The SMILES string of the molecule is CCCCc1ccc(Cc2ncc(N)cn2)cc1. The van der Waals surface area contributed by atoms with Gasteiger partial charge in [-0.15, -0.1) is 0 Å². The third-order valence-electron chi connectivity index (χ3n) is 2.93. The van der Waals surface area contributed by atoms with E-state index in [9.17, 15) is 0 Å². The Balaban J connectivity index is 1.99. The van der Waals surface area contributed by atoms with Crippen LogP contribution in [0.15, 0.2) is 36.7 Å². The largest absolute Gasteiger partial charge is 0.396 e. The normalized spacial score (nSPS) is 10.5. The zero-order valence-electron chi connectivity index (χ0n) is 10.8. The number of nitrogens with zero attached hydrogens (tertiary/aromatic N) is 2. The van der Waals surface area contributed by atoms with Crippen LogP contribution in [0.3, 0.4) is 0 Å². The number of nitrogen functional groups attached to an aromatic ring is 1. The van der Waals surface area contributed by atoms with Gasteiger partial charge >= 0.3 is 0 Å². The Morgan fingerprint density at radius 3 is 2.22 bits per heavy atom. The molecule has 2 N–H and O–H groups in total. The molecule has 0 atom stereocenters. The summed E-state index contributed by atoms with van der Waals surface area (Å²) in [5.74, 6) is 0.811. The van der Waals surface area contributed by atoms with E-state index >= 15 is 0 Å². The number of rotatable bonds is 5. The number of nitrogens with two attached hydrogens (primary N) is 1. The van der Waals surface area contributed by atoms with Crippen LogP contribution in [0.25, 0.3) is 0 Å². The third kappa shape index (κ3) is 3.55. The molecule has 1 aromatic carbocycles. The molecule has 3 nitrogen and oxygen atoms in total. The lowest BCUT2D eigenvalue weighted by Gasteiger charge is -2.03. The molecule has 0 aliphatic carbocycles. The minimum Gasteiger partial charge on any atom is -0.396 e. The average molecular weight is 241 g/mol. The van der Waals surface area contributed by atoms with E-state index in [-0.39, 0.29) is 0 Å². The van der Waals surface area contributed by atoms with Crippen LogP contribution in [0.2, 0.25) is 0 Å². The van der Waals surface area contributed by atoms with E-state index in [1.807, 2.05) is 0 Å². The van der Waals surface area contributed by atoms with Gasteiger partial charge in [0.25, 0.3) is 0 Å². The Kier molecular flexibility index (Phi) is 4.29. The van der Waals surface area contributed by atoms with Crippen molar-refractivity contribution in [1.82, 2.24) is 9.97 Å². The maximum atomic E-state index is 5.56. The van der Waals surface area contributed by atoms with Crippen LogP contribution < -0.4 is 5.73 Å². The van der Waals surface area contributed by atoms with E-state index < -0.39 is 0 Å². The fourth-order valence-electron chi connectivity index (χ4n) is 1.84. The van der Waals surface area contributed by atoms with Crippen molar-refractivity contribution in [3.63, 3.8) is 0 Å². The van der Waals surface area contributed by atoms with E-state index in [0.717, 1.165) is 18.7 Å². The molecule has 1 aromatic heterocycles. The van der Waals surface area contributed by atoms with Crippen molar-refractivity contribution in [1.29, 1.82) is 0 Å². The third-order valence-corrected chi connectivity index (χ3v) is 2.93. The van der Waals surface area contributed by atoms with Crippen molar-refractivity contribution in [2.75, 3.05) is 5.73 Å². The number of aryl methyl sites for hydroxylation is 1. The van der Waals surface area contributed by atoms with E-state index in [4.69, 9.17) is 5.73 Å². The molecular weight excluding hydrogens is 222 g/mol. The maximum absolute atomic E-state index is 5.56. The lowest BCUT2D eigenvalue weighted by molar-refractivity contribution is 0.794. The maximum Gasteiger partial charge on any atom is 0.132 e. The number of unbranched alkanes of at least 4 members (excludes halogenated alkanes) is 1. The summed E-state index contributed by atoms with van der Waals surface area (Å²) < 4.78 is 0. The Morgan fingerprint density at radius 2 is 1.61 bits per heavy atom. The molecule has 0 spiro atoms. The van der Waals surface area contributed by atoms with E-state index in [1.165, 1.54) is 24.0 Å². The fourth-order valence-corrected chi connectivity index (χ4v) is 1.84. The highest BCUT2D eigenvalue weighted by molar-refractivity contribution is 5.31. The second-order valence-electron chi connectivity index (χ2n) is 4.53.